The van der Waals surface area contributed by atoms with Crippen LogP contribution in [0, 0.1) is 11.3 Å². The van der Waals surface area contributed by atoms with Crippen molar-refractivity contribution in [2.75, 3.05) is 7.11 Å². The van der Waals surface area contributed by atoms with Gasteiger partial charge in [-0.2, -0.15) is 5.26 Å². The van der Waals surface area contributed by atoms with Gasteiger partial charge in [-0.25, -0.2) is 4.79 Å². The van der Waals surface area contributed by atoms with Gasteiger partial charge in [-0.1, -0.05) is 0 Å². The highest BCUT2D eigenvalue weighted by atomic mass is 32.1. The Labute approximate surface area is 95.3 Å². The maximum atomic E-state index is 11.3. The summed E-state index contributed by atoms with van der Waals surface area (Å²) in [4.78, 5) is 11.5. The van der Waals surface area contributed by atoms with Gasteiger partial charge in [-0.15, -0.1) is 11.3 Å². The minimum Gasteiger partial charge on any atom is -0.505 e. The zero-order valence-electron chi connectivity index (χ0n) is 8.35. The number of esters is 1. The second-order valence-corrected chi connectivity index (χ2v) is 4.15. The van der Waals surface area contributed by atoms with E-state index >= 15 is 0 Å². The summed E-state index contributed by atoms with van der Waals surface area (Å²) >= 11 is 1.11. The molecule has 16 heavy (non-hydrogen) atoms. The number of nitriles is 1. The molecule has 1 aromatic heterocycles. The van der Waals surface area contributed by atoms with Crippen LogP contribution in [0.1, 0.15) is 15.2 Å². The summed E-state index contributed by atoms with van der Waals surface area (Å²) in [5, 5.41) is 19.1. The molecule has 0 amide bonds. The van der Waals surface area contributed by atoms with Crippen LogP contribution in [0.15, 0.2) is 18.2 Å². The first-order chi connectivity index (χ1) is 7.67. The Morgan fingerprint density at radius 2 is 2.31 bits per heavy atom. The number of hydrogen-bond donors (Lipinski definition) is 1. The van der Waals surface area contributed by atoms with E-state index in [1.807, 2.05) is 6.07 Å². The maximum absolute atomic E-state index is 11.3. The molecule has 0 fully saturated rings. The first-order valence-electron chi connectivity index (χ1n) is 4.41. The number of nitrogens with zero attached hydrogens (tertiary/aromatic N) is 1. The number of rotatable bonds is 1. The van der Waals surface area contributed by atoms with Crippen molar-refractivity contribution in [1.82, 2.24) is 0 Å². The SMILES string of the molecule is COC(=O)c1sc2cc(C#N)ccc2c1O. The van der Waals surface area contributed by atoms with Crippen molar-refractivity contribution >= 4 is 27.4 Å². The lowest BCUT2D eigenvalue weighted by molar-refractivity contribution is 0.0603. The minimum atomic E-state index is -0.572. The van der Waals surface area contributed by atoms with Crippen molar-refractivity contribution in [3.63, 3.8) is 0 Å². The van der Waals surface area contributed by atoms with Gasteiger partial charge in [0.15, 0.2) is 4.88 Å². The molecule has 1 heterocycles. The highest BCUT2D eigenvalue weighted by molar-refractivity contribution is 7.21. The van der Waals surface area contributed by atoms with Gasteiger partial charge in [0.25, 0.3) is 0 Å². The molecule has 1 aromatic carbocycles. The summed E-state index contributed by atoms with van der Waals surface area (Å²) in [6.45, 7) is 0. The number of ether oxygens (including phenoxy) is 1. The van der Waals surface area contributed by atoms with Crippen LogP contribution in [0.5, 0.6) is 5.75 Å². The fourth-order valence-electron chi connectivity index (χ4n) is 1.38. The molecule has 0 radical (unpaired) electrons. The highest BCUT2D eigenvalue weighted by Gasteiger charge is 2.18. The number of benzene rings is 1. The molecule has 80 valence electrons. The lowest BCUT2D eigenvalue weighted by Gasteiger charge is -1.94. The molecular weight excluding hydrogens is 226 g/mol. The molecule has 0 aliphatic carbocycles. The molecule has 0 spiro atoms. The predicted molar refractivity (Wildman–Crippen MR) is 59.5 cm³/mol. The summed E-state index contributed by atoms with van der Waals surface area (Å²) in [5.74, 6) is -0.659. The number of fused-ring (bicyclic) bond motifs is 1. The fourth-order valence-corrected chi connectivity index (χ4v) is 2.44. The van der Waals surface area contributed by atoms with Gasteiger partial charge >= 0.3 is 5.97 Å². The summed E-state index contributed by atoms with van der Waals surface area (Å²) in [6.07, 6.45) is 0. The lowest BCUT2D eigenvalue weighted by atomic mass is 10.2. The van der Waals surface area contributed by atoms with Gasteiger partial charge < -0.3 is 9.84 Å². The fraction of sp³-hybridized carbons (Fsp3) is 0.0909. The number of methoxy groups -OCH3 is 1. The van der Waals surface area contributed by atoms with E-state index < -0.39 is 5.97 Å². The maximum Gasteiger partial charge on any atom is 0.351 e. The standard InChI is InChI=1S/C11H7NO3S/c1-15-11(14)10-9(13)7-3-2-6(5-12)4-8(7)16-10/h2-4,13H,1H3. The zero-order chi connectivity index (χ0) is 11.7. The van der Waals surface area contributed by atoms with Crippen molar-refractivity contribution in [2.45, 2.75) is 0 Å². The monoisotopic (exact) mass is 233 g/mol. The number of aromatic hydroxyl groups is 1. The van der Waals surface area contributed by atoms with Gasteiger partial charge in [0, 0.05) is 10.1 Å². The third kappa shape index (κ3) is 1.49. The molecule has 4 nitrogen and oxygen atoms in total. The van der Waals surface area contributed by atoms with E-state index in [2.05, 4.69) is 4.74 Å². The topological polar surface area (TPSA) is 70.3 Å². The van der Waals surface area contributed by atoms with Crippen molar-refractivity contribution in [2.24, 2.45) is 0 Å². The van der Waals surface area contributed by atoms with Gasteiger partial charge in [-0.05, 0) is 18.2 Å². The number of hydrogen-bond acceptors (Lipinski definition) is 5. The van der Waals surface area contributed by atoms with Gasteiger partial charge in [0.1, 0.15) is 5.75 Å². The van der Waals surface area contributed by atoms with Gasteiger partial charge in [-0.3, -0.25) is 0 Å². The van der Waals surface area contributed by atoms with Gasteiger partial charge in [0.2, 0.25) is 0 Å². The van der Waals surface area contributed by atoms with E-state index in [1.54, 1.807) is 18.2 Å². The molecular formula is C11H7NO3S. The largest absolute Gasteiger partial charge is 0.505 e. The lowest BCUT2D eigenvalue weighted by Crippen LogP contribution is -1.97. The first-order valence-corrected chi connectivity index (χ1v) is 5.23. The van der Waals surface area contributed by atoms with Crippen LogP contribution >= 0.6 is 11.3 Å². The summed E-state index contributed by atoms with van der Waals surface area (Å²) in [6, 6.07) is 6.84. The Morgan fingerprint density at radius 1 is 1.56 bits per heavy atom. The summed E-state index contributed by atoms with van der Waals surface area (Å²) < 4.78 is 5.24. The van der Waals surface area contributed by atoms with Crippen molar-refractivity contribution in [3.8, 4) is 11.8 Å². The third-order valence-corrected chi connectivity index (χ3v) is 3.29. The number of carbonyl (C=O) groups is 1. The van der Waals surface area contributed by atoms with E-state index in [9.17, 15) is 9.90 Å². The molecule has 5 heteroatoms. The Balaban J connectivity index is 2.68. The number of carbonyl (C=O) groups excluding carboxylic acids is 1. The number of thiophene rings is 1. The van der Waals surface area contributed by atoms with E-state index in [1.165, 1.54) is 7.11 Å². The van der Waals surface area contributed by atoms with Crippen LogP contribution in [0.2, 0.25) is 0 Å². The molecule has 0 aliphatic rings. The quantitative estimate of drug-likeness (QED) is 0.767. The first kappa shape index (κ1) is 10.5. The van der Waals surface area contributed by atoms with E-state index in [-0.39, 0.29) is 10.6 Å². The third-order valence-electron chi connectivity index (χ3n) is 2.16. The summed E-state index contributed by atoms with van der Waals surface area (Å²) in [5.41, 5.74) is 0.491. The molecule has 2 aromatic rings. The van der Waals surface area contributed by atoms with Crippen LogP contribution < -0.4 is 0 Å². The molecule has 0 aliphatic heterocycles. The molecule has 2 rings (SSSR count). The van der Waals surface area contributed by atoms with E-state index in [4.69, 9.17) is 5.26 Å². The summed E-state index contributed by atoms with van der Waals surface area (Å²) in [7, 11) is 1.26. The smallest absolute Gasteiger partial charge is 0.351 e. The molecule has 0 saturated carbocycles. The van der Waals surface area contributed by atoms with E-state index in [0.717, 1.165) is 11.3 Å². The molecule has 0 bridgehead atoms. The molecule has 0 saturated heterocycles. The normalized spacial score (nSPS) is 10.0. The van der Waals surface area contributed by atoms with Crippen molar-refractivity contribution in [1.29, 1.82) is 5.26 Å². The second kappa shape index (κ2) is 3.83. The molecule has 0 atom stereocenters. The van der Waals surface area contributed by atoms with Crippen LogP contribution in [0.4, 0.5) is 0 Å². The molecule has 1 N–H and O–H groups in total. The Hall–Kier alpha value is -2.06. The van der Waals surface area contributed by atoms with Crippen LogP contribution in [-0.4, -0.2) is 18.2 Å². The zero-order valence-corrected chi connectivity index (χ0v) is 9.17. The predicted octanol–water partition coefficient (Wildman–Crippen LogP) is 2.27. The minimum absolute atomic E-state index is 0.0867. The Morgan fingerprint density at radius 3 is 2.94 bits per heavy atom. The average Bonchev–Trinajstić information content (AvgIpc) is 2.65. The van der Waals surface area contributed by atoms with Crippen molar-refractivity contribution in [3.05, 3.63) is 28.6 Å². The molecule has 0 unspecified atom stereocenters. The highest BCUT2D eigenvalue weighted by Crippen LogP contribution is 2.37. The van der Waals surface area contributed by atoms with Crippen LogP contribution in [0.3, 0.4) is 0 Å². The average molecular weight is 233 g/mol. The Bertz CT molecular complexity index is 609. The second-order valence-electron chi connectivity index (χ2n) is 3.09. The Kier molecular flexibility index (Phi) is 2.50. The van der Waals surface area contributed by atoms with Gasteiger partial charge in [0.05, 0.1) is 18.7 Å². The van der Waals surface area contributed by atoms with Crippen LogP contribution in [-0.2, 0) is 4.74 Å². The van der Waals surface area contributed by atoms with E-state index in [0.29, 0.717) is 15.6 Å². The van der Waals surface area contributed by atoms with Crippen molar-refractivity contribution < 1.29 is 14.6 Å². The van der Waals surface area contributed by atoms with Crippen LogP contribution in [0.25, 0.3) is 10.1 Å².